The second kappa shape index (κ2) is 4.17. The maximum Gasteiger partial charge on any atom is 0.232 e. The van der Waals surface area contributed by atoms with Gasteiger partial charge >= 0.3 is 0 Å². The first-order chi connectivity index (χ1) is 5.65. The van der Waals surface area contributed by atoms with Gasteiger partial charge in [0.2, 0.25) is 5.91 Å². The third kappa shape index (κ3) is 2.16. The molecule has 0 bridgehead atoms. The molecule has 0 aliphatic carbocycles. The number of amides is 1. The fourth-order valence-corrected chi connectivity index (χ4v) is 1.86. The summed E-state index contributed by atoms with van der Waals surface area (Å²) in [7, 11) is 0. The molecule has 70 valence electrons. The predicted molar refractivity (Wildman–Crippen MR) is 53.4 cm³/mol. The van der Waals surface area contributed by atoms with E-state index in [1.807, 2.05) is 4.90 Å². The van der Waals surface area contributed by atoms with Crippen LogP contribution < -0.4 is 0 Å². The van der Waals surface area contributed by atoms with Gasteiger partial charge in [0.15, 0.2) is 0 Å². The van der Waals surface area contributed by atoms with E-state index in [-0.39, 0.29) is 5.91 Å². The van der Waals surface area contributed by atoms with Gasteiger partial charge in [-0.25, -0.2) is 0 Å². The summed E-state index contributed by atoms with van der Waals surface area (Å²) in [6.07, 6.45) is 1.16. The summed E-state index contributed by atoms with van der Waals surface area (Å²) < 4.78 is 0. The van der Waals surface area contributed by atoms with Crippen molar-refractivity contribution in [3.05, 3.63) is 0 Å². The molecule has 1 rings (SSSR count). The molecule has 1 unspecified atom stereocenters. The van der Waals surface area contributed by atoms with Gasteiger partial charge in [-0.15, -0.1) is 0 Å². The lowest BCUT2D eigenvalue weighted by molar-refractivity contribution is -0.127. The summed E-state index contributed by atoms with van der Waals surface area (Å²) in [5.41, 5.74) is 0. The molecule has 1 atom stereocenters. The Morgan fingerprint density at radius 2 is 2.33 bits per heavy atom. The number of nitrogens with zero attached hydrogens (tertiary/aromatic N) is 1. The molecule has 1 aliphatic rings. The smallest absolute Gasteiger partial charge is 0.232 e. The molecule has 1 amide bonds. The van der Waals surface area contributed by atoms with Crippen LogP contribution in [0.1, 0.15) is 20.3 Å². The van der Waals surface area contributed by atoms with Gasteiger partial charge in [-0.3, -0.25) is 4.79 Å². The van der Waals surface area contributed by atoms with Crippen LogP contribution in [0.5, 0.6) is 0 Å². The Bertz CT molecular complexity index is 170. The van der Waals surface area contributed by atoms with Crippen molar-refractivity contribution >= 4 is 18.5 Å². The molecule has 12 heavy (non-hydrogen) atoms. The van der Waals surface area contributed by atoms with Crippen LogP contribution in [0, 0.1) is 11.8 Å². The zero-order chi connectivity index (χ0) is 9.14. The van der Waals surface area contributed by atoms with Crippen LogP contribution in [0.4, 0.5) is 0 Å². The normalized spacial score (nSPS) is 23.7. The molecule has 0 aromatic heterocycles. The van der Waals surface area contributed by atoms with Gasteiger partial charge in [0.1, 0.15) is 0 Å². The molecule has 0 aromatic rings. The van der Waals surface area contributed by atoms with Crippen molar-refractivity contribution in [2.45, 2.75) is 20.3 Å². The predicted octanol–water partition coefficient (Wildman–Crippen LogP) is 1.42. The second-order valence-electron chi connectivity index (χ2n) is 3.79. The molecule has 0 N–H and O–H groups in total. The van der Waals surface area contributed by atoms with E-state index in [0.29, 0.717) is 17.6 Å². The lowest BCUT2D eigenvalue weighted by Gasteiger charge is -2.16. The molecule has 1 fully saturated rings. The van der Waals surface area contributed by atoms with Crippen molar-refractivity contribution in [2.24, 2.45) is 11.8 Å². The minimum absolute atomic E-state index is 0.182. The zero-order valence-corrected chi connectivity index (χ0v) is 8.68. The SMILES string of the molecule is CC(C)C1CCN(C(=O)CS)C1. The van der Waals surface area contributed by atoms with Crippen molar-refractivity contribution in [3.63, 3.8) is 0 Å². The monoisotopic (exact) mass is 187 g/mol. The first-order valence-corrected chi connectivity index (χ1v) is 5.17. The largest absolute Gasteiger partial charge is 0.342 e. The number of likely N-dealkylation sites (tertiary alicyclic amines) is 1. The number of carbonyl (C=O) groups excluding carboxylic acids is 1. The molecule has 0 spiro atoms. The van der Waals surface area contributed by atoms with Crippen LogP contribution in [0.3, 0.4) is 0 Å². The van der Waals surface area contributed by atoms with Crippen LogP contribution >= 0.6 is 12.6 Å². The fraction of sp³-hybridized carbons (Fsp3) is 0.889. The van der Waals surface area contributed by atoms with E-state index >= 15 is 0 Å². The van der Waals surface area contributed by atoms with Crippen molar-refractivity contribution in [3.8, 4) is 0 Å². The van der Waals surface area contributed by atoms with Gasteiger partial charge in [-0.1, -0.05) is 13.8 Å². The number of thiol groups is 1. The second-order valence-corrected chi connectivity index (χ2v) is 4.11. The lowest BCUT2D eigenvalue weighted by atomic mass is 9.95. The maximum absolute atomic E-state index is 11.2. The fourth-order valence-electron chi connectivity index (χ4n) is 1.66. The van der Waals surface area contributed by atoms with Crippen molar-refractivity contribution in [1.29, 1.82) is 0 Å². The summed E-state index contributed by atoms with van der Waals surface area (Å²) in [4.78, 5) is 13.2. The summed E-state index contributed by atoms with van der Waals surface area (Å²) in [6.45, 7) is 6.32. The van der Waals surface area contributed by atoms with E-state index in [0.717, 1.165) is 19.5 Å². The summed E-state index contributed by atoms with van der Waals surface area (Å²) in [5.74, 6) is 1.93. The van der Waals surface area contributed by atoms with Gasteiger partial charge < -0.3 is 4.90 Å². The highest BCUT2D eigenvalue weighted by Crippen LogP contribution is 2.23. The first kappa shape index (κ1) is 9.90. The Morgan fingerprint density at radius 1 is 1.67 bits per heavy atom. The van der Waals surface area contributed by atoms with E-state index in [1.165, 1.54) is 0 Å². The highest BCUT2D eigenvalue weighted by molar-refractivity contribution is 7.81. The Hall–Kier alpha value is -0.180. The van der Waals surface area contributed by atoms with E-state index < -0.39 is 0 Å². The highest BCUT2D eigenvalue weighted by atomic mass is 32.1. The Kier molecular flexibility index (Phi) is 3.44. The molecule has 0 saturated carbocycles. The zero-order valence-electron chi connectivity index (χ0n) is 7.79. The van der Waals surface area contributed by atoms with Gasteiger partial charge in [-0.05, 0) is 18.3 Å². The topological polar surface area (TPSA) is 20.3 Å². The first-order valence-electron chi connectivity index (χ1n) is 4.53. The lowest BCUT2D eigenvalue weighted by Crippen LogP contribution is -2.30. The highest BCUT2D eigenvalue weighted by Gasteiger charge is 2.26. The van der Waals surface area contributed by atoms with Gasteiger partial charge in [-0.2, -0.15) is 12.6 Å². The molecule has 0 radical (unpaired) electrons. The van der Waals surface area contributed by atoms with Crippen LogP contribution in [-0.4, -0.2) is 29.6 Å². The number of carbonyl (C=O) groups is 1. The minimum atomic E-state index is 0.182. The molecular formula is C9H17NOS. The van der Waals surface area contributed by atoms with Crippen LogP contribution in [-0.2, 0) is 4.79 Å². The van der Waals surface area contributed by atoms with E-state index in [1.54, 1.807) is 0 Å². The van der Waals surface area contributed by atoms with E-state index in [9.17, 15) is 4.79 Å². The summed E-state index contributed by atoms with van der Waals surface area (Å²) in [6, 6.07) is 0. The maximum atomic E-state index is 11.2. The number of rotatable bonds is 2. The Morgan fingerprint density at radius 3 is 2.75 bits per heavy atom. The molecule has 3 heteroatoms. The van der Waals surface area contributed by atoms with Crippen molar-refractivity contribution in [1.82, 2.24) is 4.90 Å². The average Bonchev–Trinajstić information content (AvgIpc) is 2.51. The van der Waals surface area contributed by atoms with Crippen LogP contribution in [0.15, 0.2) is 0 Å². The van der Waals surface area contributed by atoms with Gasteiger partial charge in [0.05, 0.1) is 5.75 Å². The Balaban J connectivity index is 2.40. The summed E-state index contributed by atoms with van der Waals surface area (Å²) >= 11 is 3.98. The molecular weight excluding hydrogens is 170 g/mol. The van der Waals surface area contributed by atoms with Crippen LogP contribution in [0.2, 0.25) is 0 Å². The number of hydrogen-bond acceptors (Lipinski definition) is 2. The van der Waals surface area contributed by atoms with Gasteiger partial charge in [0, 0.05) is 13.1 Å². The third-order valence-corrected chi connectivity index (χ3v) is 2.93. The van der Waals surface area contributed by atoms with E-state index in [4.69, 9.17) is 0 Å². The molecule has 0 aromatic carbocycles. The average molecular weight is 187 g/mol. The van der Waals surface area contributed by atoms with Crippen molar-refractivity contribution < 1.29 is 4.79 Å². The summed E-state index contributed by atoms with van der Waals surface area (Å²) in [5, 5.41) is 0. The molecule has 1 saturated heterocycles. The van der Waals surface area contributed by atoms with Gasteiger partial charge in [0.25, 0.3) is 0 Å². The van der Waals surface area contributed by atoms with Crippen LogP contribution in [0.25, 0.3) is 0 Å². The quantitative estimate of drug-likeness (QED) is 0.648. The number of hydrogen-bond donors (Lipinski definition) is 1. The van der Waals surface area contributed by atoms with E-state index in [2.05, 4.69) is 26.5 Å². The third-order valence-electron chi connectivity index (χ3n) is 2.66. The standard InChI is InChI=1S/C9H17NOS/c1-7(2)8-3-4-10(5-8)9(11)6-12/h7-8,12H,3-6H2,1-2H3. The molecule has 1 aliphatic heterocycles. The molecule has 2 nitrogen and oxygen atoms in total. The molecule has 1 heterocycles. The Labute approximate surface area is 79.7 Å². The minimum Gasteiger partial charge on any atom is -0.342 e. The van der Waals surface area contributed by atoms with Crippen molar-refractivity contribution in [2.75, 3.05) is 18.8 Å².